The molecule has 2 heteroatoms. The molecule has 1 aliphatic carbocycles. The van der Waals surface area contributed by atoms with Crippen molar-refractivity contribution in [3.8, 4) is 11.3 Å². The quantitative estimate of drug-likeness (QED) is 0.306. The summed E-state index contributed by atoms with van der Waals surface area (Å²) in [6.45, 7) is 2.38. The van der Waals surface area contributed by atoms with Gasteiger partial charge in [0.15, 0.2) is 0 Å². The largest absolute Gasteiger partial charge is 0.247 e. The van der Waals surface area contributed by atoms with Crippen LogP contribution in [0.25, 0.3) is 32.9 Å². The average molecular weight is 402 g/mol. The highest BCUT2D eigenvalue weighted by atomic mass is 79.9. The SMILES string of the molecule is CC1CCCc2c(-c3ccc(Br)cc3)nc3ccc4ccccc4c3c21. The standard InChI is InChI=1S/C24H20BrN/c1-15-5-4-8-20-22(15)23-19-7-3-2-6-16(19)11-14-21(23)26-24(20)17-9-12-18(25)13-10-17/h2-3,6-7,9-15H,4-5,8H2,1H3. The van der Waals surface area contributed by atoms with Crippen LogP contribution in [0.2, 0.25) is 0 Å². The van der Waals surface area contributed by atoms with Gasteiger partial charge < -0.3 is 0 Å². The van der Waals surface area contributed by atoms with Crippen LogP contribution >= 0.6 is 15.9 Å². The summed E-state index contributed by atoms with van der Waals surface area (Å²) in [6.07, 6.45) is 3.63. The smallest absolute Gasteiger partial charge is 0.0744 e. The monoisotopic (exact) mass is 401 g/mol. The van der Waals surface area contributed by atoms with E-state index in [4.69, 9.17) is 4.98 Å². The van der Waals surface area contributed by atoms with E-state index in [0.717, 1.165) is 16.4 Å². The third-order valence-corrected chi connectivity index (χ3v) is 6.22. The molecule has 0 amide bonds. The Balaban J connectivity index is 1.91. The molecule has 0 bridgehead atoms. The zero-order valence-corrected chi connectivity index (χ0v) is 16.4. The highest BCUT2D eigenvalue weighted by Gasteiger charge is 2.24. The molecule has 1 aliphatic rings. The highest BCUT2D eigenvalue weighted by molar-refractivity contribution is 9.10. The summed E-state index contributed by atoms with van der Waals surface area (Å²) in [6, 6.07) is 21.7. The first-order chi connectivity index (χ1) is 12.7. The molecular weight excluding hydrogens is 382 g/mol. The number of nitrogens with zero attached hydrogens (tertiary/aromatic N) is 1. The number of halogens is 1. The molecular formula is C24H20BrN. The van der Waals surface area contributed by atoms with Gasteiger partial charge in [-0.3, -0.25) is 0 Å². The number of rotatable bonds is 1. The number of pyridine rings is 1. The molecule has 4 aromatic rings. The van der Waals surface area contributed by atoms with Gasteiger partial charge in [-0.05, 0) is 65.3 Å². The van der Waals surface area contributed by atoms with Crippen molar-refractivity contribution < 1.29 is 0 Å². The van der Waals surface area contributed by atoms with Gasteiger partial charge in [-0.25, -0.2) is 4.98 Å². The Labute approximate surface area is 162 Å². The molecule has 5 rings (SSSR count). The maximum atomic E-state index is 5.16. The summed E-state index contributed by atoms with van der Waals surface area (Å²) in [5.41, 5.74) is 6.48. The fraction of sp³-hybridized carbons (Fsp3) is 0.208. The van der Waals surface area contributed by atoms with Gasteiger partial charge in [0.25, 0.3) is 0 Å². The maximum Gasteiger partial charge on any atom is 0.0744 e. The van der Waals surface area contributed by atoms with E-state index in [1.54, 1.807) is 0 Å². The molecule has 0 saturated carbocycles. The summed E-state index contributed by atoms with van der Waals surface area (Å²) in [5.74, 6) is 0.573. The van der Waals surface area contributed by atoms with Gasteiger partial charge in [-0.1, -0.05) is 65.3 Å². The number of hydrogen-bond donors (Lipinski definition) is 0. The van der Waals surface area contributed by atoms with Crippen LogP contribution in [-0.4, -0.2) is 4.98 Å². The molecule has 0 N–H and O–H groups in total. The number of aromatic nitrogens is 1. The topological polar surface area (TPSA) is 12.9 Å². The van der Waals surface area contributed by atoms with Gasteiger partial charge in [0.1, 0.15) is 0 Å². The first-order valence-corrected chi connectivity index (χ1v) is 10.1. The van der Waals surface area contributed by atoms with Crippen molar-refractivity contribution in [2.45, 2.75) is 32.1 Å². The summed E-state index contributed by atoms with van der Waals surface area (Å²) < 4.78 is 1.11. The highest BCUT2D eigenvalue weighted by Crippen LogP contribution is 2.42. The number of fused-ring (bicyclic) bond motifs is 5. The van der Waals surface area contributed by atoms with Crippen molar-refractivity contribution >= 4 is 37.6 Å². The number of hydrogen-bond acceptors (Lipinski definition) is 1. The van der Waals surface area contributed by atoms with Crippen molar-refractivity contribution in [3.05, 3.63) is 76.3 Å². The molecule has 0 radical (unpaired) electrons. The third-order valence-electron chi connectivity index (χ3n) is 5.69. The average Bonchev–Trinajstić information content (AvgIpc) is 2.68. The van der Waals surface area contributed by atoms with Crippen molar-refractivity contribution in [2.24, 2.45) is 0 Å². The Kier molecular flexibility index (Phi) is 3.82. The lowest BCUT2D eigenvalue weighted by Gasteiger charge is -2.27. The summed E-state index contributed by atoms with van der Waals surface area (Å²) in [5, 5.41) is 4.01. The predicted octanol–water partition coefficient (Wildman–Crippen LogP) is 7.26. The summed E-state index contributed by atoms with van der Waals surface area (Å²) >= 11 is 3.55. The van der Waals surface area contributed by atoms with Crippen LogP contribution in [0.15, 0.2) is 65.1 Å². The molecule has 0 fully saturated rings. The third kappa shape index (κ3) is 2.47. The summed E-state index contributed by atoms with van der Waals surface area (Å²) in [4.78, 5) is 5.16. The lowest BCUT2D eigenvalue weighted by Crippen LogP contribution is -2.11. The second-order valence-corrected chi connectivity index (χ2v) is 8.25. The van der Waals surface area contributed by atoms with Crippen LogP contribution in [0.3, 0.4) is 0 Å². The van der Waals surface area contributed by atoms with E-state index in [1.165, 1.54) is 51.4 Å². The lowest BCUT2D eigenvalue weighted by molar-refractivity contribution is 0.594. The fourth-order valence-electron chi connectivity index (χ4n) is 4.48. The van der Waals surface area contributed by atoms with E-state index in [2.05, 4.69) is 83.5 Å². The van der Waals surface area contributed by atoms with Gasteiger partial charge in [0, 0.05) is 15.4 Å². The molecule has 0 saturated heterocycles. The van der Waals surface area contributed by atoms with Crippen LogP contribution in [0.5, 0.6) is 0 Å². The van der Waals surface area contributed by atoms with Gasteiger partial charge in [-0.15, -0.1) is 0 Å². The Morgan fingerprint density at radius 1 is 0.962 bits per heavy atom. The Morgan fingerprint density at radius 3 is 2.62 bits per heavy atom. The van der Waals surface area contributed by atoms with Crippen molar-refractivity contribution in [1.82, 2.24) is 4.98 Å². The molecule has 1 aromatic heterocycles. The van der Waals surface area contributed by atoms with Crippen LogP contribution in [0.4, 0.5) is 0 Å². The molecule has 3 aromatic carbocycles. The second kappa shape index (κ2) is 6.21. The molecule has 1 unspecified atom stereocenters. The summed E-state index contributed by atoms with van der Waals surface area (Å²) in [7, 11) is 0. The van der Waals surface area contributed by atoms with E-state index in [9.17, 15) is 0 Å². The van der Waals surface area contributed by atoms with Gasteiger partial charge >= 0.3 is 0 Å². The maximum absolute atomic E-state index is 5.16. The Morgan fingerprint density at radius 2 is 1.77 bits per heavy atom. The molecule has 1 heterocycles. The van der Waals surface area contributed by atoms with E-state index in [1.807, 2.05) is 0 Å². The van der Waals surface area contributed by atoms with E-state index < -0.39 is 0 Å². The predicted molar refractivity (Wildman–Crippen MR) is 114 cm³/mol. The molecule has 128 valence electrons. The van der Waals surface area contributed by atoms with Gasteiger partial charge in [0.2, 0.25) is 0 Å². The minimum Gasteiger partial charge on any atom is -0.247 e. The normalized spacial score (nSPS) is 16.8. The van der Waals surface area contributed by atoms with E-state index >= 15 is 0 Å². The van der Waals surface area contributed by atoms with Crippen molar-refractivity contribution in [1.29, 1.82) is 0 Å². The first kappa shape index (κ1) is 16.0. The van der Waals surface area contributed by atoms with Gasteiger partial charge in [-0.2, -0.15) is 0 Å². The van der Waals surface area contributed by atoms with Crippen LogP contribution in [0.1, 0.15) is 36.8 Å². The molecule has 1 atom stereocenters. The zero-order chi connectivity index (χ0) is 17.7. The molecule has 1 nitrogen and oxygen atoms in total. The van der Waals surface area contributed by atoms with E-state index in [0.29, 0.717) is 5.92 Å². The van der Waals surface area contributed by atoms with Crippen LogP contribution < -0.4 is 0 Å². The van der Waals surface area contributed by atoms with Crippen molar-refractivity contribution in [3.63, 3.8) is 0 Å². The van der Waals surface area contributed by atoms with Gasteiger partial charge in [0.05, 0.1) is 11.2 Å². The molecule has 0 aliphatic heterocycles. The lowest BCUT2D eigenvalue weighted by atomic mass is 9.79. The minimum atomic E-state index is 0.573. The zero-order valence-electron chi connectivity index (χ0n) is 14.8. The van der Waals surface area contributed by atoms with Crippen molar-refractivity contribution in [2.75, 3.05) is 0 Å². The number of benzene rings is 3. The van der Waals surface area contributed by atoms with Crippen LogP contribution in [0, 0.1) is 0 Å². The fourth-order valence-corrected chi connectivity index (χ4v) is 4.74. The molecule has 0 spiro atoms. The van der Waals surface area contributed by atoms with Crippen LogP contribution in [-0.2, 0) is 6.42 Å². The second-order valence-electron chi connectivity index (χ2n) is 7.33. The molecule has 26 heavy (non-hydrogen) atoms. The Hall–Kier alpha value is -2.19. The first-order valence-electron chi connectivity index (χ1n) is 9.32. The minimum absolute atomic E-state index is 0.573. The Bertz CT molecular complexity index is 1130. The van der Waals surface area contributed by atoms with E-state index in [-0.39, 0.29) is 0 Å².